The molecule has 1 unspecified atom stereocenters. The summed E-state index contributed by atoms with van der Waals surface area (Å²) in [6, 6.07) is 11.5. The van der Waals surface area contributed by atoms with Crippen molar-refractivity contribution in [1.29, 1.82) is 0 Å². The largest absolute Gasteiger partial charge is 0.491 e. The molecule has 1 aliphatic heterocycles. The topological polar surface area (TPSA) is 36.9 Å². The Balaban J connectivity index is 1.66. The number of hydrogen-bond donors (Lipinski definition) is 0. The Hall–Kier alpha value is -1.96. The molecule has 3 rings (SSSR count). The predicted octanol–water partition coefficient (Wildman–Crippen LogP) is 4.74. The van der Waals surface area contributed by atoms with Gasteiger partial charge in [-0.05, 0) is 41.5 Å². The van der Waals surface area contributed by atoms with Gasteiger partial charge in [-0.25, -0.2) is 0 Å². The van der Waals surface area contributed by atoms with Crippen LogP contribution >= 0.6 is 11.6 Å². The molecule has 0 N–H and O–H groups in total. The van der Waals surface area contributed by atoms with Gasteiger partial charge in [-0.3, -0.25) is 0 Å². The Labute approximate surface area is 159 Å². The first-order chi connectivity index (χ1) is 12.9. The Morgan fingerprint density at radius 3 is 2.41 bits per heavy atom. The third-order valence-corrected chi connectivity index (χ3v) is 4.00. The zero-order chi connectivity index (χ0) is 19.3. The van der Waals surface area contributed by atoms with E-state index in [0.29, 0.717) is 37.2 Å². The van der Waals surface area contributed by atoms with Gasteiger partial charge >= 0.3 is 6.18 Å². The molecule has 1 aliphatic rings. The highest BCUT2D eigenvalue weighted by Crippen LogP contribution is 2.30. The third kappa shape index (κ3) is 6.30. The number of halogens is 4. The lowest BCUT2D eigenvalue weighted by Gasteiger charge is -2.23. The summed E-state index contributed by atoms with van der Waals surface area (Å²) >= 11 is 6.17. The molecule has 0 bridgehead atoms. The van der Waals surface area contributed by atoms with Crippen LogP contribution in [0.15, 0.2) is 42.5 Å². The minimum atomic E-state index is -4.37. The first-order valence-electron chi connectivity index (χ1n) is 8.32. The molecular weight excluding hydrogens is 385 g/mol. The van der Waals surface area contributed by atoms with E-state index in [-0.39, 0.29) is 11.9 Å². The fourth-order valence-corrected chi connectivity index (χ4v) is 2.77. The lowest BCUT2D eigenvalue weighted by Crippen LogP contribution is -2.33. The molecule has 0 radical (unpaired) electrons. The van der Waals surface area contributed by atoms with Gasteiger partial charge in [-0.1, -0.05) is 23.7 Å². The van der Waals surface area contributed by atoms with E-state index in [0.717, 1.165) is 11.1 Å². The van der Waals surface area contributed by atoms with Gasteiger partial charge in [-0.2, -0.15) is 13.2 Å². The van der Waals surface area contributed by atoms with Crippen molar-refractivity contribution in [3.8, 4) is 22.6 Å². The van der Waals surface area contributed by atoms with Crippen LogP contribution in [0.2, 0.25) is 5.02 Å². The summed E-state index contributed by atoms with van der Waals surface area (Å²) in [4.78, 5) is 0. The number of ether oxygens (including phenoxy) is 4. The van der Waals surface area contributed by atoms with Crippen LogP contribution in [0.25, 0.3) is 11.1 Å². The van der Waals surface area contributed by atoms with E-state index in [1.165, 1.54) is 12.1 Å². The fourth-order valence-electron chi connectivity index (χ4n) is 2.54. The van der Waals surface area contributed by atoms with E-state index < -0.39 is 12.8 Å². The van der Waals surface area contributed by atoms with E-state index in [2.05, 4.69) is 0 Å². The summed E-state index contributed by atoms with van der Waals surface area (Å²) in [7, 11) is 0. The Morgan fingerprint density at radius 1 is 0.963 bits per heavy atom. The minimum Gasteiger partial charge on any atom is -0.491 e. The van der Waals surface area contributed by atoms with Crippen molar-refractivity contribution < 1.29 is 32.1 Å². The van der Waals surface area contributed by atoms with E-state index in [9.17, 15) is 13.2 Å². The summed E-state index contributed by atoms with van der Waals surface area (Å²) in [5.74, 6) is 0.716. The Kier molecular flexibility index (Phi) is 6.46. The highest BCUT2D eigenvalue weighted by Gasteiger charge is 2.28. The van der Waals surface area contributed by atoms with Gasteiger partial charge < -0.3 is 18.9 Å². The van der Waals surface area contributed by atoms with Crippen molar-refractivity contribution in [2.24, 2.45) is 0 Å². The van der Waals surface area contributed by atoms with Gasteiger partial charge in [0.25, 0.3) is 0 Å². The van der Waals surface area contributed by atoms with Gasteiger partial charge in [0.15, 0.2) is 6.61 Å². The van der Waals surface area contributed by atoms with Crippen LogP contribution in [-0.4, -0.2) is 45.3 Å². The van der Waals surface area contributed by atoms with Crippen molar-refractivity contribution >= 4 is 11.6 Å². The summed E-state index contributed by atoms with van der Waals surface area (Å²) in [6.45, 7) is 0.614. The first kappa shape index (κ1) is 19.8. The average Bonchev–Trinajstić information content (AvgIpc) is 2.65. The predicted molar refractivity (Wildman–Crippen MR) is 94.5 cm³/mol. The SMILES string of the molecule is FC(F)(F)COc1ccc(-c2cc(Cl)cc(OCC3COCCO3)c2)cc1. The van der Waals surface area contributed by atoms with Crippen LogP contribution in [-0.2, 0) is 9.47 Å². The Morgan fingerprint density at radius 2 is 1.74 bits per heavy atom. The molecule has 8 heteroatoms. The molecule has 1 heterocycles. The fraction of sp³-hybridized carbons (Fsp3) is 0.368. The van der Waals surface area contributed by atoms with Gasteiger partial charge in [0.05, 0.1) is 19.8 Å². The van der Waals surface area contributed by atoms with Crippen LogP contribution in [0, 0.1) is 0 Å². The molecule has 0 spiro atoms. The van der Waals surface area contributed by atoms with Crippen LogP contribution in [0.3, 0.4) is 0 Å². The maximum atomic E-state index is 12.2. The maximum Gasteiger partial charge on any atom is 0.422 e. The standard InChI is InChI=1S/C19H18ClF3O4/c20-15-7-14(8-17(9-15)26-11-18-10-24-5-6-25-18)13-1-3-16(4-2-13)27-12-19(21,22)23/h1-4,7-9,18H,5-6,10-12H2. The molecule has 0 saturated carbocycles. The van der Waals surface area contributed by atoms with Gasteiger partial charge in [0.2, 0.25) is 0 Å². The van der Waals surface area contributed by atoms with Crippen LogP contribution in [0.4, 0.5) is 13.2 Å². The zero-order valence-electron chi connectivity index (χ0n) is 14.3. The first-order valence-corrected chi connectivity index (χ1v) is 8.69. The molecule has 0 aliphatic carbocycles. The second-order valence-corrected chi connectivity index (χ2v) is 6.42. The van der Waals surface area contributed by atoms with Crippen LogP contribution in [0.5, 0.6) is 11.5 Å². The zero-order valence-corrected chi connectivity index (χ0v) is 15.1. The van der Waals surface area contributed by atoms with Crippen molar-refractivity contribution in [1.82, 2.24) is 0 Å². The van der Waals surface area contributed by atoms with Crippen molar-refractivity contribution in [2.45, 2.75) is 12.3 Å². The van der Waals surface area contributed by atoms with E-state index in [4.69, 9.17) is 30.5 Å². The molecule has 1 atom stereocenters. The van der Waals surface area contributed by atoms with Crippen molar-refractivity contribution in [3.63, 3.8) is 0 Å². The second-order valence-electron chi connectivity index (χ2n) is 5.98. The lowest BCUT2D eigenvalue weighted by molar-refractivity contribution is -0.153. The summed E-state index contributed by atoms with van der Waals surface area (Å²) in [5.41, 5.74) is 1.56. The second kappa shape index (κ2) is 8.82. The summed E-state index contributed by atoms with van der Waals surface area (Å²) in [5, 5.41) is 0.487. The number of rotatable bonds is 6. The minimum absolute atomic E-state index is 0.133. The molecule has 0 aromatic heterocycles. The molecular formula is C19H18ClF3O4. The monoisotopic (exact) mass is 402 g/mol. The normalized spacial score (nSPS) is 17.6. The van der Waals surface area contributed by atoms with E-state index in [1.54, 1.807) is 30.3 Å². The van der Waals surface area contributed by atoms with Crippen LogP contribution < -0.4 is 9.47 Å². The van der Waals surface area contributed by atoms with Gasteiger partial charge in [0.1, 0.15) is 24.2 Å². The van der Waals surface area contributed by atoms with Gasteiger partial charge in [-0.15, -0.1) is 0 Å². The van der Waals surface area contributed by atoms with Crippen molar-refractivity contribution in [3.05, 3.63) is 47.5 Å². The molecule has 146 valence electrons. The highest BCUT2D eigenvalue weighted by atomic mass is 35.5. The third-order valence-electron chi connectivity index (χ3n) is 3.78. The molecule has 1 saturated heterocycles. The smallest absolute Gasteiger partial charge is 0.422 e. The quantitative estimate of drug-likeness (QED) is 0.699. The lowest BCUT2D eigenvalue weighted by atomic mass is 10.1. The molecule has 4 nitrogen and oxygen atoms in total. The van der Waals surface area contributed by atoms with E-state index in [1.807, 2.05) is 0 Å². The Bertz CT molecular complexity index is 744. The molecule has 2 aromatic carbocycles. The molecule has 2 aromatic rings. The molecule has 27 heavy (non-hydrogen) atoms. The molecule has 0 amide bonds. The summed E-state index contributed by atoms with van der Waals surface area (Å²) in [6.07, 6.45) is -4.50. The number of benzene rings is 2. The highest BCUT2D eigenvalue weighted by molar-refractivity contribution is 6.31. The number of alkyl halides is 3. The average molecular weight is 403 g/mol. The maximum absolute atomic E-state index is 12.2. The molecule has 1 fully saturated rings. The number of hydrogen-bond acceptors (Lipinski definition) is 4. The van der Waals surface area contributed by atoms with Gasteiger partial charge in [0, 0.05) is 5.02 Å². The van der Waals surface area contributed by atoms with Crippen LogP contribution in [0.1, 0.15) is 0 Å². The van der Waals surface area contributed by atoms with E-state index >= 15 is 0 Å². The summed E-state index contributed by atoms with van der Waals surface area (Å²) < 4.78 is 57.9. The van der Waals surface area contributed by atoms with Crippen molar-refractivity contribution in [2.75, 3.05) is 33.0 Å².